The normalized spacial score (nSPS) is 15.7. The van der Waals surface area contributed by atoms with Crippen LogP contribution in [0.1, 0.15) is 26.7 Å². The number of nitrogens with two attached hydrogens (primary N) is 1. The number of nitrogens with one attached hydrogen (secondary N) is 1. The lowest BCUT2D eigenvalue weighted by Crippen LogP contribution is -2.29. The highest BCUT2D eigenvalue weighted by atomic mass is 16.5. The first-order valence-electron chi connectivity index (χ1n) is 5.18. The van der Waals surface area contributed by atoms with Gasteiger partial charge in [-0.15, -0.1) is 0 Å². The summed E-state index contributed by atoms with van der Waals surface area (Å²) in [5.74, 6) is 0.763. The number of hydrogen-bond acceptors (Lipinski definition) is 3. The number of methoxy groups -OCH3 is 1. The van der Waals surface area contributed by atoms with E-state index in [9.17, 15) is 0 Å². The van der Waals surface area contributed by atoms with Crippen LogP contribution in [0.3, 0.4) is 0 Å². The Bertz CT molecular complexity index is 105. The van der Waals surface area contributed by atoms with Crippen LogP contribution in [0.4, 0.5) is 0 Å². The molecule has 0 radical (unpaired) electrons. The summed E-state index contributed by atoms with van der Waals surface area (Å²) in [6, 6.07) is 0. The van der Waals surface area contributed by atoms with Gasteiger partial charge in [0.05, 0.1) is 6.10 Å². The lowest BCUT2D eigenvalue weighted by Gasteiger charge is -2.14. The second-order valence-electron chi connectivity index (χ2n) is 3.60. The summed E-state index contributed by atoms with van der Waals surface area (Å²) < 4.78 is 5.17. The average molecular weight is 188 g/mol. The molecule has 0 aliphatic heterocycles. The summed E-state index contributed by atoms with van der Waals surface area (Å²) in [5.41, 5.74) is 5.50. The zero-order valence-corrected chi connectivity index (χ0v) is 9.18. The Morgan fingerprint density at radius 3 is 2.62 bits per heavy atom. The number of ether oxygens (including phenoxy) is 1. The summed E-state index contributed by atoms with van der Waals surface area (Å²) in [4.78, 5) is 0. The molecule has 2 atom stereocenters. The molecule has 0 saturated heterocycles. The standard InChI is InChI=1S/C10H24N2O/c1-4-9(2)8-12-6-5-10(7-11)13-3/h9-10,12H,4-8,11H2,1-3H3. The van der Waals surface area contributed by atoms with Gasteiger partial charge in [-0.25, -0.2) is 0 Å². The lowest BCUT2D eigenvalue weighted by atomic mass is 10.1. The smallest absolute Gasteiger partial charge is 0.0705 e. The van der Waals surface area contributed by atoms with Crippen molar-refractivity contribution in [3.8, 4) is 0 Å². The van der Waals surface area contributed by atoms with Crippen molar-refractivity contribution in [2.24, 2.45) is 11.7 Å². The summed E-state index contributed by atoms with van der Waals surface area (Å²) in [5, 5.41) is 3.40. The summed E-state index contributed by atoms with van der Waals surface area (Å²) >= 11 is 0. The maximum atomic E-state index is 5.50. The van der Waals surface area contributed by atoms with Crippen molar-refractivity contribution >= 4 is 0 Å². The maximum absolute atomic E-state index is 5.50. The molecular formula is C10H24N2O. The number of hydrogen-bond donors (Lipinski definition) is 2. The van der Waals surface area contributed by atoms with Crippen LogP contribution < -0.4 is 11.1 Å². The fraction of sp³-hybridized carbons (Fsp3) is 1.00. The Labute approximate surface area is 82.0 Å². The molecule has 13 heavy (non-hydrogen) atoms. The van der Waals surface area contributed by atoms with Crippen molar-refractivity contribution in [2.45, 2.75) is 32.8 Å². The first-order valence-corrected chi connectivity index (χ1v) is 5.18. The predicted octanol–water partition coefficient (Wildman–Crippen LogP) is 0.986. The van der Waals surface area contributed by atoms with E-state index in [1.807, 2.05) is 0 Å². The van der Waals surface area contributed by atoms with Crippen molar-refractivity contribution in [3.63, 3.8) is 0 Å². The maximum Gasteiger partial charge on any atom is 0.0705 e. The van der Waals surface area contributed by atoms with Gasteiger partial charge >= 0.3 is 0 Å². The molecule has 3 nitrogen and oxygen atoms in total. The molecule has 0 spiro atoms. The second kappa shape index (κ2) is 8.48. The van der Waals surface area contributed by atoms with Crippen LogP contribution in [0, 0.1) is 5.92 Å². The van der Waals surface area contributed by atoms with Crippen LogP contribution in [0.5, 0.6) is 0 Å². The van der Waals surface area contributed by atoms with Crippen molar-refractivity contribution in [3.05, 3.63) is 0 Å². The minimum atomic E-state index is 0.212. The van der Waals surface area contributed by atoms with Crippen molar-refractivity contribution in [1.82, 2.24) is 5.32 Å². The van der Waals surface area contributed by atoms with Gasteiger partial charge in [-0.05, 0) is 25.4 Å². The molecule has 0 aromatic rings. The van der Waals surface area contributed by atoms with Gasteiger partial charge in [-0.1, -0.05) is 20.3 Å². The zero-order chi connectivity index (χ0) is 10.1. The highest BCUT2D eigenvalue weighted by Crippen LogP contribution is 1.98. The summed E-state index contributed by atoms with van der Waals surface area (Å²) in [7, 11) is 1.71. The van der Waals surface area contributed by atoms with E-state index in [1.165, 1.54) is 6.42 Å². The molecule has 2 unspecified atom stereocenters. The van der Waals surface area contributed by atoms with Crippen molar-refractivity contribution in [1.29, 1.82) is 0 Å². The van der Waals surface area contributed by atoms with Crippen molar-refractivity contribution < 1.29 is 4.74 Å². The summed E-state index contributed by atoms with van der Waals surface area (Å²) in [6.07, 6.45) is 2.45. The molecule has 0 aliphatic rings. The molecule has 0 amide bonds. The molecule has 0 saturated carbocycles. The van der Waals surface area contributed by atoms with E-state index in [-0.39, 0.29) is 6.10 Å². The first-order chi connectivity index (χ1) is 6.24. The van der Waals surface area contributed by atoms with Crippen LogP contribution in [0.25, 0.3) is 0 Å². The third-order valence-electron chi connectivity index (χ3n) is 2.43. The molecule has 0 rings (SSSR count). The fourth-order valence-electron chi connectivity index (χ4n) is 1.09. The van der Waals surface area contributed by atoms with Gasteiger partial charge in [-0.2, -0.15) is 0 Å². The van der Waals surface area contributed by atoms with Gasteiger partial charge in [0.15, 0.2) is 0 Å². The van der Waals surface area contributed by atoms with Crippen molar-refractivity contribution in [2.75, 3.05) is 26.7 Å². The molecule has 3 N–H and O–H groups in total. The predicted molar refractivity (Wildman–Crippen MR) is 56.8 cm³/mol. The molecule has 3 heteroatoms. The van der Waals surface area contributed by atoms with E-state index in [4.69, 9.17) is 10.5 Å². The second-order valence-corrected chi connectivity index (χ2v) is 3.60. The molecule has 0 aliphatic carbocycles. The van der Waals surface area contributed by atoms with Gasteiger partial charge < -0.3 is 15.8 Å². The van der Waals surface area contributed by atoms with Crippen LogP contribution in [0.15, 0.2) is 0 Å². The van der Waals surface area contributed by atoms with E-state index < -0.39 is 0 Å². The zero-order valence-electron chi connectivity index (χ0n) is 9.18. The van der Waals surface area contributed by atoms with Gasteiger partial charge in [0.25, 0.3) is 0 Å². The Morgan fingerprint density at radius 1 is 1.46 bits per heavy atom. The third-order valence-corrected chi connectivity index (χ3v) is 2.43. The van der Waals surface area contributed by atoms with Gasteiger partial charge in [0.1, 0.15) is 0 Å². The monoisotopic (exact) mass is 188 g/mol. The van der Waals surface area contributed by atoms with E-state index in [0.717, 1.165) is 25.4 Å². The largest absolute Gasteiger partial charge is 0.380 e. The minimum absolute atomic E-state index is 0.212. The number of rotatable bonds is 8. The fourth-order valence-corrected chi connectivity index (χ4v) is 1.09. The van der Waals surface area contributed by atoms with E-state index >= 15 is 0 Å². The Balaban J connectivity index is 3.23. The van der Waals surface area contributed by atoms with Gasteiger partial charge in [0.2, 0.25) is 0 Å². The van der Waals surface area contributed by atoms with E-state index in [0.29, 0.717) is 6.54 Å². The van der Waals surface area contributed by atoms with E-state index in [1.54, 1.807) is 7.11 Å². The van der Waals surface area contributed by atoms with Crippen LogP contribution in [-0.4, -0.2) is 32.8 Å². The Morgan fingerprint density at radius 2 is 2.15 bits per heavy atom. The molecule has 0 aromatic carbocycles. The molecule has 0 fully saturated rings. The first kappa shape index (κ1) is 12.9. The topological polar surface area (TPSA) is 47.3 Å². The Kier molecular flexibility index (Phi) is 8.40. The minimum Gasteiger partial charge on any atom is -0.380 e. The average Bonchev–Trinajstić information content (AvgIpc) is 2.18. The van der Waals surface area contributed by atoms with E-state index in [2.05, 4.69) is 19.2 Å². The molecule has 0 heterocycles. The third kappa shape index (κ3) is 6.99. The van der Waals surface area contributed by atoms with Gasteiger partial charge in [0, 0.05) is 13.7 Å². The lowest BCUT2D eigenvalue weighted by molar-refractivity contribution is 0.102. The Hall–Kier alpha value is -0.120. The van der Waals surface area contributed by atoms with Crippen LogP contribution in [-0.2, 0) is 4.74 Å². The quantitative estimate of drug-likeness (QED) is 0.558. The SMILES string of the molecule is CCC(C)CNCCC(CN)OC. The molecule has 0 bridgehead atoms. The molecular weight excluding hydrogens is 164 g/mol. The van der Waals surface area contributed by atoms with Crippen LogP contribution in [0.2, 0.25) is 0 Å². The summed E-state index contributed by atoms with van der Waals surface area (Å²) in [6.45, 7) is 7.17. The van der Waals surface area contributed by atoms with Crippen LogP contribution >= 0.6 is 0 Å². The molecule has 80 valence electrons. The highest BCUT2D eigenvalue weighted by Gasteiger charge is 2.03. The molecule has 0 aromatic heterocycles. The highest BCUT2D eigenvalue weighted by molar-refractivity contribution is 4.61. The van der Waals surface area contributed by atoms with Gasteiger partial charge in [-0.3, -0.25) is 0 Å².